The van der Waals surface area contributed by atoms with Crippen molar-refractivity contribution in [2.45, 2.75) is 19.1 Å². The fourth-order valence-electron chi connectivity index (χ4n) is 2.84. The first kappa shape index (κ1) is 12.4. The Kier molecular flexibility index (Phi) is 3.62. The molecule has 0 unspecified atom stereocenters. The third-order valence-corrected chi connectivity index (χ3v) is 3.90. The molecule has 1 aliphatic heterocycles. The van der Waals surface area contributed by atoms with Crippen LogP contribution in [-0.4, -0.2) is 18.5 Å². The predicted molar refractivity (Wildman–Crippen MR) is 78.8 cm³/mol. The summed E-state index contributed by atoms with van der Waals surface area (Å²) in [6.07, 6.45) is 0. The molecule has 0 radical (unpaired) electrons. The number of hydrogen-bond donors (Lipinski definition) is 1. The Labute approximate surface area is 115 Å². The summed E-state index contributed by atoms with van der Waals surface area (Å²) in [5.41, 5.74) is 4.32. The normalized spacial score (nSPS) is 16.3. The molecule has 2 heteroatoms. The highest BCUT2D eigenvalue weighted by atomic mass is 15.2. The van der Waals surface area contributed by atoms with Crippen LogP contribution in [0.25, 0.3) is 0 Å². The fraction of sp³-hybridized carbons (Fsp3) is 0.294. The molecule has 98 valence electrons. The van der Waals surface area contributed by atoms with Crippen LogP contribution in [0.3, 0.4) is 0 Å². The zero-order valence-electron chi connectivity index (χ0n) is 11.3. The van der Waals surface area contributed by atoms with Crippen LogP contribution in [-0.2, 0) is 13.1 Å². The molecule has 0 amide bonds. The molecule has 1 atom stereocenters. The van der Waals surface area contributed by atoms with Crippen LogP contribution in [0, 0.1) is 0 Å². The van der Waals surface area contributed by atoms with E-state index in [1.807, 2.05) is 7.05 Å². The first-order valence-electron chi connectivity index (χ1n) is 6.88. The van der Waals surface area contributed by atoms with Gasteiger partial charge in [-0.2, -0.15) is 0 Å². The average molecular weight is 252 g/mol. The van der Waals surface area contributed by atoms with Crippen LogP contribution in [0.5, 0.6) is 0 Å². The summed E-state index contributed by atoms with van der Waals surface area (Å²) in [7, 11) is 2.04. The summed E-state index contributed by atoms with van der Waals surface area (Å²) in [6, 6.07) is 19.8. The van der Waals surface area contributed by atoms with Crippen molar-refractivity contribution in [3.63, 3.8) is 0 Å². The lowest BCUT2D eigenvalue weighted by molar-refractivity contribution is 0.253. The van der Waals surface area contributed by atoms with Gasteiger partial charge >= 0.3 is 0 Å². The van der Waals surface area contributed by atoms with Crippen molar-refractivity contribution < 1.29 is 0 Å². The van der Waals surface area contributed by atoms with Gasteiger partial charge in [0.2, 0.25) is 0 Å². The number of rotatable bonds is 4. The number of fused-ring (bicyclic) bond motifs is 1. The van der Waals surface area contributed by atoms with Crippen LogP contribution >= 0.6 is 0 Å². The molecule has 3 rings (SSSR count). The predicted octanol–water partition coefficient (Wildman–Crippen LogP) is 2.96. The van der Waals surface area contributed by atoms with Crippen molar-refractivity contribution in [3.05, 3.63) is 71.3 Å². The van der Waals surface area contributed by atoms with Gasteiger partial charge in [0.15, 0.2) is 0 Å². The SMILES string of the molecule is CN[C@H](CN1Cc2ccccc2C1)c1ccccc1. The lowest BCUT2D eigenvalue weighted by Crippen LogP contribution is -2.30. The van der Waals surface area contributed by atoms with E-state index in [2.05, 4.69) is 64.8 Å². The van der Waals surface area contributed by atoms with E-state index in [1.165, 1.54) is 16.7 Å². The second-order valence-electron chi connectivity index (χ2n) is 5.19. The molecule has 0 saturated carbocycles. The number of hydrogen-bond acceptors (Lipinski definition) is 2. The maximum Gasteiger partial charge on any atom is 0.0447 e. The van der Waals surface area contributed by atoms with Crippen LogP contribution < -0.4 is 5.32 Å². The van der Waals surface area contributed by atoms with E-state index in [0.29, 0.717) is 6.04 Å². The van der Waals surface area contributed by atoms with E-state index in [0.717, 1.165) is 19.6 Å². The first-order chi connectivity index (χ1) is 9.36. The minimum atomic E-state index is 0.399. The van der Waals surface area contributed by atoms with Gasteiger partial charge in [0, 0.05) is 25.7 Å². The van der Waals surface area contributed by atoms with Crippen molar-refractivity contribution in [1.82, 2.24) is 10.2 Å². The third kappa shape index (κ3) is 2.70. The molecule has 1 heterocycles. The van der Waals surface area contributed by atoms with Gasteiger partial charge in [-0.15, -0.1) is 0 Å². The second kappa shape index (κ2) is 5.55. The Morgan fingerprint density at radius 3 is 2.11 bits per heavy atom. The molecule has 0 aliphatic carbocycles. The molecule has 0 aromatic heterocycles. The van der Waals surface area contributed by atoms with Crippen LogP contribution in [0.15, 0.2) is 54.6 Å². The van der Waals surface area contributed by atoms with E-state index >= 15 is 0 Å². The largest absolute Gasteiger partial charge is 0.312 e. The van der Waals surface area contributed by atoms with E-state index in [-0.39, 0.29) is 0 Å². The number of likely N-dealkylation sites (N-methyl/N-ethyl adjacent to an activating group) is 1. The van der Waals surface area contributed by atoms with Crippen molar-refractivity contribution in [2.24, 2.45) is 0 Å². The summed E-state index contributed by atoms with van der Waals surface area (Å²) in [4.78, 5) is 2.51. The van der Waals surface area contributed by atoms with Crippen molar-refractivity contribution in [2.75, 3.05) is 13.6 Å². The van der Waals surface area contributed by atoms with E-state index < -0.39 is 0 Å². The molecular formula is C17H20N2. The van der Waals surface area contributed by atoms with Gasteiger partial charge in [0.05, 0.1) is 0 Å². The molecular weight excluding hydrogens is 232 g/mol. The van der Waals surface area contributed by atoms with Gasteiger partial charge in [0.1, 0.15) is 0 Å². The van der Waals surface area contributed by atoms with Crippen molar-refractivity contribution >= 4 is 0 Å². The van der Waals surface area contributed by atoms with E-state index in [4.69, 9.17) is 0 Å². The third-order valence-electron chi connectivity index (χ3n) is 3.90. The Morgan fingerprint density at radius 1 is 0.947 bits per heavy atom. The standard InChI is InChI=1S/C17H20N2/c1-18-17(14-7-3-2-4-8-14)13-19-11-15-9-5-6-10-16(15)12-19/h2-10,17-18H,11-13H2,1H3/t17-/m1/s1. The molecule has 0 bridgehead atoms. The van der Waals surface area contributed by atoms with Gasteiger partial charge in [0.25, 0.3) is 0 Å². The Bertz CT molecular complexity index is 511. The zero-order valence-corrected chi connectivity index (χ0v) is 11.3. The van der Waals surface area contributed by atoms with Gasteiger partial charge in [-0.05, 0) is 23.7 Å². The smallest absolute Gasteiger partial charge is 0.0447 e. The zero-order chi connectivity index (χ0) is 13.1. The quantitative estimate of drug-likeness (QED) is 0.900. The van der Waals surface area contributed by atoms with Gasteiger partial charge in [-0.25, -0.2) is 0 Å². The van der Waals surface area contributed by atoms with Gasteiger partial charge in [-0.3, -0.25) is 4.90 Å². The highest BCUT2D eigenvalue weighted by Crippen LogP contribution is 2.24. The summed E-state index contributed by atoms with van der Waals surface area (Å²) >= 11 is 0. The Morgan fingerprint density at radius 2 is 1.53 bits per heavy atom. The minimum Gasteiger partial charge on any atom is -0.312 e. The lowest BCUT2D eigenvalue weighted by Gasteiger charge is -2.23. The molecule has 19 heavy (non-hydrogen) atoms. The molecule has 0 fully saturated rings. The summed E-state index contributed by atoms with van der Waals surface area (Å²) in [5, 5.41) is 3.43. The summed E-state index contributed by atoms with van der Waals surface area (Å²) in [5.74, 6) is 0. The second-order valence-corrected chi connectivity index (χ2v) is 5.19. The number of nitrogens with one attached hydrogen (secondary N) is 1. The molecule has 0 spiro atoms. The van der Waals surface area contributed by atoms with E-state index in [1.54, 1.807) is 0 Å². The highest BCUT2D eigenvalue weighted by Gasteiger charge is 2.21. The topological polar surface area (TPSA) is 15.3 Å². The molecule has 1 N–H and O–H groups in total. The van der Waals surface area contributed by atoms with Crippen molar-refractivity contribution in [1.29, 1.82) is 0 Å². The Balaban J connectivity index is 1.69. The fourth-order valence-corrected chi connectivity index (χ4v) is 2.84. The minimum absolute atomic E-state index is 0.399. The van der Waals surface area contributed by atoms with Gasteiger partial charge in [-0.1, -0.05) is 54.6 Å². The molecule has 2 nitrogen and oxygen atoms in total. The van der Waals surface area contributed by atoms with Crippen molar-refractivity contribution in [3.8, 4) is 0 Å². The Hall–Kier alpha value is -1.64. The van der Waals surface area contributed by atoms with E-state index in [9.17, 15) is 0 Å². The monoisotopic (exact) mass is 252 g/mol. The lowest BCUT2D eigenvalue weighted by atomic mass is 10.1. The van der Waals surface area contributed by atoms with Crippen LogP contribution in [0.2, 0.25) is 0 Å². The molecule has 0 saturated heterocycles. The molecule has 2 aromatic carbocycles. The highest BCUT2D eigenvalue weighted by molar-refractivity contribution is 5.30. The van der Waals surface area contributed by atoms with Gasteiger partial charge < -0.3 is 5.32 Å². The first-order valence-corrected chi connectivity index (χ1v) is 6.88. The van der Waals surface area contributed by atoms with Crippen LogP contribution in [0.4, 0.5) is 0 Å². The molecule has 2 aromatic rings. The number of nitrogens with zero attached hydrogens (tertiary/aromatic N) is 1. The average Bonchev–Trinajstić information content (AvgIpc) is 2.88. The maximum atomic E-state index is 3.43. The number of benzene rings is 2. The summed E-state index contributed by atoms with van der Waals surface area (Å²) < 4.78 is 0. The molecule has 1 aliphatic rings. The maximum absolute atomic E-state index is 3.43. The van der Waals surface area contributed by atoms with Crippen LogP contribution in [0.1, 0.15) is 22.7 Å². The summed E-state index contributed by atoms with van der Waals surface area (Å²) in [6.45, 7) is 3.19.